The van der Waals surface area contributed by atoms with Crippen LogP contribution in [0.25, 0.3) is 0 Å². The Labute approximate surface area is 121 Å². The summed E-state index contributed by atoms with van der Waals surface area (Å²) in [6.45, 7) is 9.09. The van der Waals surface area contributed by atoms with Crippen LogP contribution in [0.2, 0.25) is 0 Å². The molecule has 0 saturated carbocycles. The van der Waals surface area contributed by atoms with Gasteiger partial charge in [-0.3, -0.25) is 9.69 Å². The van der Waals surface area contributed by atoms with E-state index in [-0.39, 0.29) is 11.9 Å². The normalized spacial score (nSPS) is 13.6. The van der Waals surface area contributed by atoms with Gasteiger partial charge >= 0.3 is 0 Å². The van der Waals surface area contributed by atoms with Gasteiger partial charge in [0.2, 0.25) is 5.91 Å². The summed E-state index contributed by atoms with van der Waals surface area (Å²) in [6, 6.07) is 9.17. The minimum absolute atomic E-state index is 0.0168. The monoisotopic (exact) mass is 273 g/mol. The minimum atomic E-state index is -0.175. The van der Waals surface area contributed by atoms with Crippen LogP contribution in [0.5, 0.6) is 0 Å². The highest BCUT2D eigenvalue weighted by Gasteiger charge is 2.23. The SMILES string of the molecule is CCC(C)N(CC)C(C)C(=O)Nc1ccc(C#N)cc1. The summed E-state index contributed by atoms with van der Waals surface area (Å²) < 4.78 is 0. The van der Waals surface area contributed by atoms with E-state index < -0.39 is 0 Å². The van der Waals surface area contributed by atoms with Crippen molar-refractivity contribution in [3.8, 4) is 6.07 Å². The molecule has 0 aliphatic heterocycles. The molecule has 0 aromatic heterocycles. The van der Waals surface area contributed by atoms with Crippen LogP contribution in [0.3, 0.4) is 0 Å². The van der Waals surface area contributed by atoms with Gasteiger partial charge < -0.3 is 5.32 Å². The molecule has 2 atom stereocenters. The second-order valence-electron chi connectivity index (χ2n) is 4.94. The first-order chi connectivity index (χ1) is 9.53. The largest absolute Gasteiger partial charge is 0.325 e. The zero-order valence-corrected chi connectivity index (χ0v) is 12.7. The van der Waals surface area contributed by atoms with E-state index in [9.17, 15) is 4.79 Å². The molecule has 1 amide bonds. The molecule has 0 heterocycles. The van der Waals surface area contributed by atoms with Gasteiger partial charge in [0.25, 0.3) is 0 Å². The van der Waals surface area contributed by atoms with Crippen LogP contribution in [0.15, 0.2) is 24.3 Å². The maximum absolute atomic E-state index is 12.3. The maximum Gasteiger partial charge on any atom is 0.241 e. The number of amides is 1. The molecule has 1 aromatic carbocycles. The lowest BCUT2D eigenvalue weighted by Gasteiger charge is -2.32. The first-order valence-electron chi connectivity index (χ1n) is 7.10. The fraction of sp³-hybridized carbons (Fsp3) is 0.500. The van der Waals surface area contributed by atoms with Crippen LogP contribution in [-0.2, 0) is 4.79 Å². The number of nitrogens with zero attached hydrogens (tertiary/aromatic N) is 2. The molecule has 1 aromatic rings. The molecular formula is C16H23N3O. The molecule has 0 aliphatic rings. The van der Waals surface area contributed by atoms with E-state index in [0.717, 1.165) is 18.7 Å². The average Bonchev–Trinajstić information content (AvgIpc) is 2.48. The van der Waals surface area contributed by atoms with Crippen molar-refractivity contribution in [2.45, 2.75) is 46.2 Å². The molecule has 4 nitrogen and oxygen atoms in total. The zero-order chi connectivity index (χ0) is 15.1. The molecule has 0 aliphatic carbocycles. The highest BCUT2D eigenvalue weighted by Crippen LogP contribution is 2.13. The van der Waals surface area contributed by atoms with Gasteiger partial charge in [-0.2, -0.15) is 5.26 Å². The molecule has 1 N–H and O–H groups in total. The summed E-state index contributed by atoms with van der Waals surface area (Å²) in [5.41, 5.74) is 1.31. The van der Waals surface area contributed by atoms with Crippen LogP contribution in [0.4, 0.5) is 5.69 Å². The first kappa shape index (κ1) is 16.2. The van der Waals surface area contributed by atoms with Crippen molar-refractivity contribution in [2.24, 2.45) is 0 Å². The van der Waals surface area contributed by atoms with Crippen molar-refractivity contribution >= 4 is 11.6 Å². The third kappa shape index (κ3) is 4.07. The number of anilines is 1. The number of rotatable bonds is 6. The van der Waals surface area contributed by atoms with Crippen molar-refractivity contribution in [3.05, 3.63) is 29.8 Å². The average molecular weight is 273 g/mol. The summed E-state index contributed by atoms with van der Waals surface area (Å²) >= 11 is 0. The Morgan fingerprint density at radius 1 is 1.30 bits per heavy atom. The van der Waals surface area contributed by atoms with E-state index in [1.807, 2.05) is 6.92 Å². The standard InChI is InChI=1S/C16H23N3O/c1-5-12(3)19(6-2)13(4)16(20)18-15-9-7-14(11-17)8-10-15/h7-10,12-13H,5-6H2,1-4H3,(H,18,20). The maximum atomic E-state index is 12.3. The highest BCUT2D eigenvalue weighted by atomic mass is 16.2. The second-order valence-corrected chi connectivity index (χ2v) is 4.94. The predicted octanol–water partition coefficient (Wildman–Crippen LogP) is 3.01. The molecule has 4 heteroatoms. The smallest absolute Gasteiger partial charge is 0.241 e. The number of hydrogen-bond donors (Lipinski definition) is 1. The van der Waals surface area contributed by atoms with Gasteiger partial charge in [0, 0.05) is 11.7 Å². The Morgan fingerprint density at radius 3 is 2.35 bits per heavy atom. The van der Waals surface area contributed by atoms with E-state index in [4.69, 9.17) is 5.26 Å². The number of nitrogens with one attached hydrogen (secondary N) is 1. The molecule has 20 heavy (non-hydrogen) atoms. The lowest BCUT2D eigenvalue weighted by molar-refractivity contribution is -0.121. The first-order valence-corrected chi connectivity index (χ1v) is 7.10. The van der Waals surface area contributed by atoms with Crippen LogP contribution < -0.4 is 5.32 Å². The number of likely N-dealkylation sites (N-methyl/N-ethyl adjacent to an activating group) is 1. The van der Waals surface area contributed by atoms with Crippen molar-refractivity contribution in [2.75, 3.05) is 11.9 Å². The quantitative estimate of drug-likeness (QED) is 0.866. The van der Waals surface area contributed by atoms with Crippen molar-refractivity contribution in [3.63, 3.8) is 0 Å². The highest BCUT2D eigenvalue weighted by molar-refractivity contribution is 5.94. The van der Waals surface area contributed by atoms with Gasteiger partial charge in [-0.1, -0.05) is 13.8 Å². The summed E-state index contributed by atoms with van der Waals surface area (Å²) in [7, 11) is 0. The third-order valence-electron chi connectivity index (χ3n) is 3.68. The molecule has 1 rings (SSSR count). The van der Waals surface area contributed by atoms with E-state index in [1.54, 1.807) is 24.3 Å². The lowest BCUT2D eigenvalue weighted by Crippen LogP contribution is -2.46. The Morgan fingerprint density at radius 2 is 1.90 bits per heavy atom. The number of hydrogen-bond acceptors (Lipinski definition) is 3. The van der Waals surface area contributed by atoms with Gasteiger partial charge in [-0.25, -0.2) is 0 Å². The van der Waals surface area contributed by atoms with E-state index >= 15 is 0 Å². The molecule has 0 spiro atoms. The van der Waals surface area contributed by atoms with Crippen molar-refractivity contribution in [1.29, 1.82) is 5.26 Å². The number of carbonyl (C=O) groups excluding carboxylic acids is 1. The van der Waals surface area contributed by atoms with Crippen LogP contribution in [0.1, 0.15) is 39.7 Å². The summed E-state index contributed by atoms with van der Waals surface area (Å²) in [5, 5.41) is 11.6. The topological polar surface area (TPSA) is 56.1 Å². The van der Waals surface area contributed by atoms with Crippen LogP contribution >= 0.6 is 0 Å². The van der Waals surface area contributed by atoms with E-state index in [1.165, 1.54) is 0 Å². The van der Waals surface area contributed by atoms with Crippen molar-refractivity contribution < 1.29 is 4.79 Å². The summed E-state index contributed by atoms with van der Waals surface area (Å²) in [6.07, 6.45) is 1.02. The Kier molecular flexibility index (Phi) is 6.20. The molecule has 2 unspecified atom stereocenters. The van der Waals surface area contributed by atoms with Gasteiger partial charge in [0.15, 0.2) is 0 Å². The number of carbonyl (C=O) groups is 1. The number of nitriles is 1. The Bertz CT molecular complexity index is 475. The molecule has 0 fully saturated rings. The second kappa shape index (κ2) is 7.66. The van der Waals surface area contributed by atoms with E-state index in [2.05, 4.69) is 37.1 Å². The molecular weight excluding hydrogens is 250 g/mol. The molecule has 0 bridgehead atoms. The van der Waals surface area contributed by atoms with Crippen molar-refractivity contribution in [1.82, 2.24) is 4.90 Å². The van der Waals surface area contributed by atoms with E-state index in [0.29, 0.717) is 11.6 Å². The van der Waals surface area contributed by atoms with Crippen LogP contribution in [-0.4, -0.2) is 29.4 Å². The van der Waals surface area contributed by atoms with Crippen LogP contribution in [0, 0.1) is 11.3 Å². The van der Waals surface area contributed by atoms with Gasteiger partial charge in [0.1, 0.15) is 0 Å². The van der Waals surface area contributed by atoms with Gasteiger partial charge in [-0.15, -0.1) is 0 Å². The summed E-state index contributed by atoms with van der Waals surface area (Å²) in [4.78, 5) is 14.4. The third-order valence-corrected chi connectivity index (χ3v) is 3.68. The predicted molar refractivity (Wildman–Crippen MR) is 81.4 cm³/mol. The summed E-state index contributed by atoms with van der Waals surface area (Å²) in [5.74, 6) is -0.0168. The molecule has 108 valence electrons. The van der Waals surface area contributed by atoms with Gasteiger partial charge in [-0.05, 0) is 51.1 Å². The Hall–Kier alpha value is -1.86. The lowest BCUT2D eigenvalue weighted by atomic mass is 10.1. The molecule has 0 saturated heterocycles. The fourth-order valence-corrected chi connectivity index (χ4v) is 2.23. The number of benzene rings is 1. The van der Waals surface area contributed by atoms with Gasteiger partial charge in [0.05, 0.1) is 17.7 Å². The molecule has 0 radical (unpaired) electrons. The minimum Gasteiger partial charge on any atom is -0.325 e. The zero-order valence-electron chi connectivity index (χ0n) is 12.7. The Balaban J connectivity index is 2.71. The fourth-order valence-electron chi connectivity index (χ4n) is 2.23.